The van der Waals surface area contributed by atoms with Crippen LogP contribution >= 0.6 is 0 Å². The van der Waals surface area contributed by atoms with Gasteiger partial charge in [0.2, 0.25) is 0 Å². The average molecular weight is 250 g/mol. The molecular weight excluding hydrogens is 228 g/mol. The fourth-order valence-electron chi connectivity index (χ4n) is 1.62. The highest BCUT2D eigenvalue weighted by Crippen LogP contribution is 2.05. The van der Waals surface area contributed by atoms with E-state index in [1.54, 1.807) is 6.20 Å². The number of carbonyl (C=O) groups excluding carboxylic acids is 1. The molecule has 0 aliphatic carbocycles. The first-order chi connectivity index (χ1) is 8.77. The van der Waals surface area contributed by atoms with Crippen molar-refractivity contribution >= 4 is 5.97 Å². The van der Waals surface area contributed by atoms with Crippen LogP contribution in [0.25, 0.3) is 0 Å². The van der Waals surface area contributed by atoms with Crippen molar-refractivity contribution in [2.24, 2.45) is 0 Å². The molecule has 0 unspecified atom stereocenters. The van der Waals surface area contributed by atoms with Crippen LogP contribution in [0.1, 0.15) is 37.9 Å². The minimum Gasteiger partial charge on any atom is -0.465 e. The summed E-state index contributed by atoms with van der Waals surface area (Å²) in [5, 5.41) is 3.07. The number of aromatic nitrogens is 1. The molecule has 0 radical (unpaired) electrons. The molecule has 1 aromatic heterocycles. The van der Waals surface area contributed by atoms with Crippen molar-refractivity contribution in [1.82, 2.24) is 10.3 Å². The first kappa shape index (κ1) is 14.6. The minimum absolute atomic E-state index is 0.197. The van der Waals surface area contributed by atoms with Crippen LogP contribution in [0, 0.1) is 0 Å². The van der Waals surface area contributed by atoms with Crippen molar-refractivity contribution in [3.8, 4) is 0 Å². The summed E-state index contributed by atoms with van der Waals surface area (Å²) in [7, 11) is 0. The summed E-state index contributed by atoms with van der Waals surface area (Å²) in [4.78, 5) is 15.7. The second kappa shape index (κ2) is 8.64. The monoisotopic (exact) mass is 250 g/mol. The van der Waals surface area contributed by atoms with Gasteiger partial charge < -0.3 is 10.1 Å². The Bertz CT molecular complexity index is 367. The molecule has 0 bridgehead atoms. The van der Waals surface area contributed by atoms with Gasteiger partial charge in [-0.25, -0.2) is 0 Å². The van der Waals surface area contributed by atoms with Crippen LogP contribution in [0.4, 0.5) is 0 Å². The molecule has 0 fully saturated rings. The number of aryl methyl sites for hydroxylation is 1. The van der Waals surface area contributed by atoms with Crippen molar-refractivity contribution in [2.75, 3.05) is 13.2 Å². The van der Waals surface area contributed by atoms with Crippen LogP contribution in [0.3, 0.4) is 0 Å². The molecule has 0 aliphatic heterocycles. The third-order valence-corrected chi connectivity index (χ3v) is 2.69. The molecule has 4 nitrogen and oxygen atoms in total. The number of rotatable bonds is 8. The molecule has 0 saturated heterocycles. The molecule has 0 aromatic carbocycles. The molecule has 0 atom stereocenters. The van der Waals surface area contributed by atoms with Crippen molar-refractivity contribution in [1.29, 1.82) is 0 Å². The van der Waals surface area contributed by atoms with E-state index in [0.717, 1.165) is 25.0 Å². The maximum Gasteiger partial charge on any atom is 0.319 e. The van der Waals surface area contributed by atoms with Gasteiger partial charge in [0.1, 0.15) is 0 Å². The zero-order valence-corrected chi connectivity index (χ0v) is 11.2. The number of carbonyl (C=O) groups is 1. The van der Waals surface area contributed by atoms with E-state index in [-0.39, 0.29) is 12.5 Å². The highest BCUT2D eigenvalue weighted by atomic mass is 16.5. The Kier molecular flexibility index (Phi) is 7.03. The summed E-state index contributed by atoms with van der Waals surface area (Å²) in [6.45, 7) is 5.52. The number of hydrogen-bond donors (Lipinski definition) is 1. The second-order valence-electron chi connectivity index (χ2n) is 4.14. The molecule has 1 N–H and O–H groups in total. The topological polar surface area (TPSA) is 51.2 Å². The summed E-state index contributed by atoms with van der Waals surface area (Å²) in [6.07, 6.45) is 4.68. The predicted octanol–water partition coefficient (Wildman–Crippen LogP) is 2.08. The Morgan fingerprint density at radius 3 is 3.00 bits per heavy atom. The number of esters is 1. The largest absolute Gasteiger partial charge is 0.465 e. The fraction of sp³-hybridized carbons (Fsp3) is 0.571. The Morgan fingerprint density at radius 1 is 1.44 bits per heavy atom. The van der Waals surface area contributed by atoms with E-state index in [1.165, 1.54) is 5.56 Å². The third-order valence-electron chi connectivity index (χ3n) is 2.69. The SMILES string of the molecule is CCCCOC(=O)CNCc1ncccc1CC. The molecule has 18 heavy (non-hydrogen) atoms. The van der Waals surface area contributed by atoms with Gasteiger partial charge in [-0.3, -0.25) is 9.78 Å². The van der Waals surface area contributed by atoms with Crippen LogP contribution < -0.4 is 5.32 Å². The van der Waals surface area contributed by atoms with Crippen LogP contribution in [0.15, 0.2) is 18.3 Å². The minimum atomic E-state index is -0.197. The number of ether oxygens (including phenoxy) is 1. The lowest BCUT2D eigenvalue weighted by molar-refractivity contribution is -0.142. The Balaban J connectivity index is 2.26. The van der Waals surface area contributed by atoms with Gasteiger partial charge >= 0.3 is 5.97 Å². The summed E-state index contributed by atoms with van der Waals surface area (Å²) in [6, 6.07) is 3.99. The van der Waals surface area contributed by atoms with E-state index in [9.17, 15) is 4.79 Å². The lowest BCUT2D eigenvalue weighted by atomic mass is 10.1. The summed E-state index contributed by atoms with van der Waals surface area (Å²) in [5.74, 6) is -0.197. The molecule has 100 valence electrons. The first-order valence-corrected chi connectivity index (χ1v) is 6.57. The quantitative estimate of drug-likeness (QED) is 0.567. The Hall–Kier alpha value is -1.42. The van der Waals surface area contributed by atoms with E-state index in [2.05, 4.69) is 30.2 Å². The predicted molar refractivity (Wildman–Crippen MR) is 71.2 cm³/mol. The molecule has 0 saturated carbocycles. The van der Waals surface area contributed by atoms with Crippen LogP contribution in [0.2, 0.25) is 0 Å². The van der Waals surface area contributed by atoms with Crippen molar-refractivity contribution in [3.05, 3.63) is 29.6 Å². The highest BCUT2D eigenvalue weighted by Gasteiger charge is 2.04. The van der Waals surface area contributed by atoms with Gasteiger partial charge in [0.05, 0.1) is 18.8 Å². The van der Waals surface area contributed by atoms with Crippen molar-refractivity contribution in [3.63, 3.8) is 0 Å². The number of unbranched alkanes of at least 4 members (excludes halogenated alkanes) is 1. The molecule has 1 aromatic rings. The second-order valence-corrected chi connectivity index (χ2v) is 4.14. The van der Waals surface area contributed by atoms with Gasteiger partial charge in [-0.05, 0) is 24.5 Å². The van der Waals surface area contributed by atoms with E-state index in [1.807, 2.05) is 6.07 Å². The van der Waals surface area contributed by atoms with Crippen LogP contribution in [-0.4, -0.2) is 24.1 Å². The van der Waals surface area contributed by atoms with Gasteiger partial charge in [0.25, 0.3) is 0 Å². The van der Waals surface area contributed by atoms with Crippen molar-refractivity contribution in [2.45, 2.75) is 39.7 Å². The molecule has 4 heteroatoms. The summed E-state index contributed by atoms with van der Waals surface area (Å²) >= 11 is 0. The van der Waals surface area contributed by atoms with Gasteiger partial charge in [-0.15, -0.1) is 0 Å². The molecule has 0 spiro atoms. The first-order valence-electron chi connectivity index (χ1n) is 6.57. The van der Waals surface area contributed by atoms with Crippen LogP contribution in [0.5, 0.6) is 0 Å². The van der Waals surface area contributed by atoms with E-state index >= 15 is 0 Å². The zero-order chi connectivity index (χ0) is 13.2. The Labute approximate surface area is 109 Å². The van der Waals surface area contributed by atoms with E-state index < -0.39 is 0 Å². The molecule has 0 amide bonds. The molecule has 1 heterocycles. The maximum absolute atomic E-state index is 11.4. The van der Waals surface area contributed by atoms with Gasteiger partial charge in [0, 0.05) is 12.7 Å². The van der Waals surface area contributed by atoms with Gasteiger partial charge in [-0.2, -0.15) is 0 Å². The van der Waals surface area contributed by atoms with Gasteiger partial charge in [0.15, 0.2) is 0 Å². The number of hydrogen-bond acceptors (Lipinski definition) is 4. The number of nitrogens with zero attached hydrogens (tertiary/aromatic N) is 1. The smallest absolute Gasteiger partial charge is 0.319 e. The molecule has 0 aliphatic rings. The fourth-order valence-corrected chi connectivity index (χ4v) is 1.62. The molecule has 1 rings (SSSR count). The number of nitrogens with one attached hydrogen (secondary N) is 1. The summed E-state index contributed by atoms with van der Waals surface area (Å²) in [5.41, 5.74) is 2.21. The maximum atomic E-state index is 11.4. The third kappa shape index (κ3) is 5.27. The Morgan fingerprint density at radius 2 is 2.28 bits per heavy atom. The lowest BCUT2D eigenvalue weighted by Gasteiger charge is -2.08. The van der Waals surface area contributed by atoms with Crippen LogP contribution in [-0.2, 0) is 22.5 Å². The average Bonchev–Trinajstić information content (AvgIpc) is 2.39. The van der Waals surface area contributed by atoms with E-state index in [0.29, 0.717) is 13.2 Å². The van der Waals surface area contributed by atoms with Crippen molar-refractivity contribution < 1.29 is 9.53 Å². The standard InChI is InChI=1S/C14H22N2O2/c1-3-5-9-18-14(17)11-15-10-13-12(4-2)7-6-8-16-13/h6-8,15H,3-5,9-11H2,1-2H3. The zero-order valence-electron chi connectivity index (χ0n) is 11.2. The van der Waals surface area contributed by atoms with E-state index in [4.69, 9.17) is 4.74 Å². The lowest BCUT2D eigenvalue weighted by Crippen LogP contribution is -2.25. The highest BCUT2D eigenvalue weighted by molar-refractivity contribution is 5.71. The molecular formula is C14H22N2O2. The summed E-state index contributed by atoms with van der Waals surface area (Å²) < 4.78 is 5.06. The number of pyridine rings is 1. The van der Waals surface area contributed by atoms with Gasteiger partial charge in [-0.1, -0.05) is 26.3 Å². The normalized spacial score (nSPS) is 10.3.